The first-order chi connectivity index (χ1) is 9.06. The summed E-state index contributed by atoms with van der Waals surface area (Å²) in [5.41, 5.74) is 13.9. The Morgan fingerprint density at radius 1 is 1.30 bits per heavy atom. The van der Waals surface area contributed by atoms with E-state index < -0.39 is 0 Å². The van der Waals surface area contributed by atoms with Crippen molar-refractivity contribution < 1.29 is 12.4 Å². The Bertz CT molecular complexity index is 680. The van der Waals surface area contributed by atoms with E-state index in [-0.39, 0.29) is 29.9 Å². The molecule has 0 aliphatic rings. The van der Waals surface area contributed by atoms with Gasteiger partial charge >= 0.3 is 5.69 Å². The minimum atomic E-state index is 0. The molecule has 0 fully saturated rings. The smallest absolute Gasteiger partial charge is 0.404 e. The van der Waals surface area contributed by atoms with Crippen molar-refractivity contribution in [2.45, 2.75) is 13.3 Å². The third-order valence-corrected chi connectivity index (χ3v) is 3.03. The summed E-state index contributed by atoms with van der Waals surface area (Å²) < 4.78 is 0. The molecular weight excluding hydrogens is 299 g/mol. The van der Waals surface area contributed by atoms with E-state index in [1.807, 2.05) is 6.92 Å². The molecule has 0 aliphatic heterocycles. The highest BCUT2D eigenvalue weighted by Crippen LogP contribution is 2.34. The minimum Gasteiger partial charge on any atom is -1.00 e. The summed E-state index contributed by atoms with van der Waals surface area (Å²) in [7, 11) is 0. The van der Waals surface area contributed by atoms with Gasteiger partial charge in [0.05, 0.1) is 5.69 Å². The van der Waals surface area contributed by atoms with E-state index in [9.17, 15) is 0 Å². The average molecular weight is 311 g/mol. The van der Waals surface area contributed by atoms with Gasteiger partial charge in [0.15, 0.2) is 4.98 Å². The number of aryl methyl sites for hydroxylation is 1. The normalized spacial score (nSPS) is 9.65. The fourth-order valence-corrected chi connectivity index (χ4v) is 2.02. The number of diazo groups is 1. The molecule has 104 valence electrons. The summed E-state index contributed by atoms with van der Waals surface area (Å²) in [6.45, 7) is 1.94. The zero-order valence-corrected chi connectivity index (χ0v) is 12.2. The van der Waals surface area contributed by atoms with Gasteiger partial charge in [0.25, 0.3) is 0 Å². The van der Waals surface area contributed by atoms with E-state index in [0.29, 0.717) is 17.0 Å². The van der Waals surface area contributed by atoms with Gasteiger partial charge in [-0.2, -0.15) is 4.98 Å². The van der Waals surface area contributed by atoms with Crippen molar-refractivity contribution in [3.05, 3.63) is 33.9 Å². The molecule has 20 heavy (non-hydrogen) atoms. The van der Waals surface area contributed by atoms with Crippen LogP contribution in [0.15, 0.2) is 18.2 Å². The number of nitrogens with zero attached hydrogens (tertiary/aromatic N) is 4. The van der Waals surface area contributed by atoms with Crippen LogP contribution in [0.4, 0.5) is 17.5 Å². The number of nitrogens with two attached hydrogens (primary N) is 2. The third kappa shape index (κ3) is 2.90. The van der Waals surface area contributed by atoms with E-state index in [1.54, 1.807) is 18.2 Å². The van der Waals surface area contributed by atoms with Gasteiger partial charge in [-0.1, -0.05) is 24.6 Å². The van der Waals surface area contributed by atoms with Crippen LogP contribution in [0.2, 0.25) is 5.02 Å². The zero-order valence-electron chi connectivity index (χ0n) is 10.6. The topological polar surface area (TPSA) is 106 Å². The van der Waals surface area contributed by atoms with Crippen molar-refractivity contribution in [2.75, 3.05) is 11.5 Å². The van der Waals surface area contributed by atoms with Crippen LogP contribution in [0.25, 0.3) is 16.1 Å². The maximum atomic E-state index is 8.89. The number of anilines is 2. The fraction of sp³-hybridized carbons (Fsp3) is 0.167. The van der Waals surface area contributed by atoms with Gasteiger partial charge in [-0.25, -0.2) is 4.98 Å². The number of hydrogen-bond acceptors (Lipinski definition) is 5. The molecule has 0 bridgehead atoms. The summed E-state index contributed by atoms with van der Waals surface area (Å²) >= 11 is 5.89. The summed E-state index contributed by atoms with van der Waals surface area (Å²) in [6.07, 6.45) is 0.653. The first kappa shape index (κ1) is 16.0. The molecule has 6 nitrogen and oxygen atoms in total. The molecule has 0 spiro atoms. The number of hydrogen-bond donors (Lipinski definition) is 2. The maximum absolute atomic E-state index is 8.89. The second-order valence-electron chi connectivity index (χ2n) is 3.91. The van der Waals surface area contributed by atoms with Crippen molar-refractivity contribution in [2.24, 2.45) is 0 Å². The van der Waals surface area contributed by atoms with E-state index in [0.717, 1.165) is 11.3 Å². The molecule has 1 aromatic heterocycles. The second kappa shape index (κ2) is 6.37. The molecule has 2 aromatic rings. The lowest BCUT2D eigenvalue weighted by Crippen LogP contribution is -3.00. The van der Waals surface area contributed by atoms with E-state index in [4.69, 9.17) is 28.5 Å². The molecule has 8 heteroatoms. The summed E-state index contributed by atoms with van der Waals surface area (Å²) in [5, 5.41) is 9.23. The number of halogens is 2. The highest BCUT2D eigenvalue weighted by atomic mass is 35.5. The molecule has 0 unspecified atom stereocenters. The van der Waals surface area contributed by atoms with Crippen molar-refractivity contribution >= 4 is 29.1 Å². The zero-order chi connectivity index (χ0) is 14.0. The van der Waals surface area contributed by atoms with Crippen LogP contribution in [0.3, 0.4) is 0 Å². The quantitative estimate of drug-likeness (QED) is 0.760. The van der Waals surface area contributed by atoms with E-state index in [2.05, 4.69) is 14.9 Å². The molecule has 1 aromatic carbocycles. The summed E-state index contributed by atoms with van der Waals surface area (Å²) in [4.78, 5) is 11.2. The van der Waals surface area contributed by atoms with Crippen molar-refractivity contribution in [3.8, 4) is 11.1 Å². The number of aromatic nitrogens is 2. The predicted octanol–water partition coefficient (Wildman–Crippen LogP) is 0.0124. The Morgan fingerprint density at radius 2 is 2.00 bits per heavy atom. The summed E-state index contributed by atoms with van der Waals surface area (Å²) in [6, 6.07) is 5.01. The molecule has 0 saturated heterocycles. The van der Waals surface area contributed by atoms with Crippen LogP contribution in [-0.2, 0) is 6.42 Å². The SMILES string of the molecule is CCc1nc(N)nc(N)c1-c1ccc(Cl)c([N+]#N)c1.[Cl-]. The molecule has 2 rings (SSSR count). The van der Waals surface area contributed by atoms with Gasteiger partial charge in [0.1, 0.15) is 10.8 Å². The monoisotopic (exact) mass is 310 g/mol. The van der Waals surface area contributed by atoms with E-state index in [1.165, 1.54) is 0 Å². The minimum absolute atomic E-state index is 0. The molecule has 0 saturated carbocycles. The number of rotatable bonds is 2. The number of benzene rings is 1. The average Bonchev–Trinajstić information content (AvgIpc) is 2.39. The van der Waals surface area contributed by atoms with Gasteiger partial charge in [-0.05, 0) is 18.1 Å². The molecule has 0 radical (unpaired) electrons. The standard InChI is InChI=1S/C12H12ClN6.ClH/c1-2-8-10(11(14)18-12(15)17-8)6-3-4-7(13)9(5-6)19-16;/h3-5H,2H2,1H3,(H4,14,15,17,18);1H/q+1;/p-1. The highest BCUT2D eigenvalue weighted by Gasteiger charge is 2.18. The Balaban J connectivity index is 0.00000200. The Hall–Kier alpha value is -2.10. The van der Waals surface area contributed by atoms with Crippen molar-refractivity contribution in [3.63, 3.8) is 0 Å². The van der Waals surface area contributed by atoms with Gasteiger partial charge < -0.3 is 23.9 Å². The second-order valence-corrected chi connectivity index (χ2v) is 4.32. The highest BCUT2D eigenvalue weighted by molar-refractivity contribution is 6.33. The fourth-order valence-electron chi connectivity index (χ4n) is 1.86. The van der Waals surface area contributed by atoms with Crippen LogP contribution >= 0.6 is 11.6 Å². The van der Waals surface area contributed by atoms with Gasteiger partial charge in [-0.3, -0.25) is 0 Å². The van der Waals surface area contributed by atoms with Gasteiger partial charge in [0.2, 0.25) is 11.3 Å². The number of nitrogen functional groups attached to an aromatic ring is 2. The first-order valence-corrected chi connectivity index (χ1v) is 6.01. The van der Waals surface area contributed by atoms with Crippen molar-refractivity contribution in [1.82, 2.24) is 9.97 Å². The first-order valence-electron chi connectivity index (χ1n) is 5.63. The molecule has 0 amide bonds. The Labute approximate surface area is 127 Å². The largest absolute Gasteiger partial charge is 1.00 e. The molecular formula is C12H12Cl2N6. The lowest BCUT2D eigenvalue weighted by molar-refractivity contribution is -0.00000431. The third-order valence-electron chi connectivity index (χ3n) is 2.71. The Kier molecular flexibility index (Phi) is 5.08. The maximum Gasteiger partial charge on any atom is 0.404 e. The Morgan fingerprint density at radius 3 is 2.60 bits per heavy atom. The lowest BCUT2D eigenvalue weighted by Gasteiger charge is -2.10. The summed E-state index contributed by atoms with van der Waals surface area (Å²) in [5.74, 6) is 0.426. The molecule has 1 heterocycles. The van der Waals surface area contributed by atoms with Crippen LogP contribution in [-0.4, -0.2) is 9.97 Å². The lowest BCUT2D eigenvalue weighted by atomic mass is 10.0. The van der Waals surface area contributed by atoms with Crippen LogP contribution in [0.5, 0.6) is 0 Å². The van der Waals surface area contributed by atoms with Crippen LogP contribution in [0.1, 0.15) is 12.6 Å². The van der Waals surface area contributed by atoms with E-state index >= 15 is 0 Å². The predicted molar refractivity (Wildman–Crippen MR) is 75.4 cm³/mol. The molecule has 0 atom stereocenters. The molecule has 0 aliphatic carbocycles. The molecule has 4 N–H and O–H groups in total. The van der Waals surface area contributed by atoms with Gasteiger partial charge in [0, 0.05) is 11.6 Å². The van der Waals surface area contributed by atoms with Crippen LogP contribution in [0, 0.1) is 5.39 Å². The van der Waals surface area contributed by atoms with Crippen LogP contribution < -0.4 is 23.9 Å². The van der Waals surface area contributed by atoms with Crippen molar-refractivity contribution in [1.29, 1.82) is 5.39 Å². The van der Waals surface area contributed by atoms with Gasteiger partial charge in [-0.15, -0.1) is 0 Å².